The molecule has 21 heavy (non-hydrogen) atoms. The highest BCUT2D eigenvalue weighted by atomic mass is 32.2. The Morgan fingerprint density at radius 2 is 1.86 bits per heavy atom. The van der Waals surface area contributed by atoms with Crippen molar-refractivity contribution in [3.63, 3.8) is 0 Å². The number of hydrogen-bond donors (Lipinski definition) is 1. The van der Waals surface area contributed by atoms with E-state index in [0.29, 0.717) is 4.90 Å². The molecule has 118 valence electrons. The molecule has 2 rings (SSSR count). The molecular formula is C16H26N2O2S. The number of hydrogen-bond acceptors (Lipinski definition) is 3. The number of rotatable bonds is 8. The van der Waals surface area contributed by atoms with E-state index in [4.69, 9.17) is 0 Å². The minimum atomic E-state index is -3.33. The summed E-state index contributed by atoms with van der Waals surface area (Å²) < 4.78 is 25.2. The van der Waals surface area contributed by atoms with Gasteiger partial charge in [-0.1, -0.05) is 25.0 Å². The first-order chi connectivity index (χ1) is 9.91. The van der Waals surface area contributed by atoms with Crippen molar-refractivity contribution in [1.82, 2.24) is 9.62 Å². The highest BCUT2D eigenvalue weighted by molar-refractivity contribution is 7.89. The predicted octanol–water partition coefficient (Wildman–Crippen LogP) is 2.78. The van der Waals surface area contributed by atoms with Gasteiger partial charge in [-0.15, -0.1) is 0 Å². The molecule has 4 nitrogen and oxygen atoms in total. The van der Waals surface area contributed by atoms with E-state index < -0.39 is 10.0 Å². The lowest BCUT2D eigenvalue weighted by Crippen LogP contribution is -2.22. The van der Waals surface area contributed by atoms with Crippen LogP contribution in [0.3, 0.4) is 0 Å². The third-order valence-corrected chi connectivity index (χ3v) is 5.92. The molecule has 1 atom stereocenters. The number of sulfonamides is 1. The van der Waals surface area contributed by atoms with Crippen molar-refractivity contribution in [3.8, 4) is 0 Å². The molecule has 1 unspecified atom stereocenters. The molecule has 1 aliphatic carbocycles. The quantitative estimate of drug-likeness (QED) is 0.751. The minimum absolute atomic E-state index is 0.250. The van der Waals surface area contributed by atoms with E-state index in [1.54, 1.807) is 26.2 Å². The van der Waals surface area contributed by atoms with Gasteiger partial charge in [-0.2, -0.15) is 0 Å². The lowest BCUT2D eigenvalue weighted by Gasteiger charge is -2.16. The van der Waals surface area contributed by atoms with Crippen LogP contribution in [0.15, 0.2) is 29.2 Å². The molecule has 1 aromatic carbocycles. The van der Waals surface area contributed by atoms with Crippen LogP contribution in [0.5, 0.6) is 0 Å². The fraction of sp³-hybridized carbons (Fsp3) is 0.625. The van der Waals surface area contributed by atoms with Crippen LogP contribution in [-0.4, -0.2) is 33.4 Å². The summed E-state index contributed by atoms with van der Waals surface area (Å²) in [6, 6.07) is 7.42. The predicted molar refractivity (Wildman–Crippen MR) is 85.7 cm³/mol. The first kappa shape index (κ1) is 16.5. The van der Waals surface area contributed by atoms with Gasteiger partial charge in [-0.25, -0.2) is 12.7 Å². The molecule has 0 saturated heterocycles. The van der Waals surface area contributed by atoms with Crippen LogP contribution in [-0.2, 0) is 10.0 Å². The van der Waals surface area contributed by atoms with Gasteiger partial charge < -0.3 is 5.32 Å². The van der Waals surface area contributed by atoms with Crippen molar-refractivity contribution in [3.05, 3.63) is 29.8 Å². The largest absolute Gasteiger partial charge is 0.310 e. The third kappa shape index (κ3) is 4.53. The van der Waals surface area contributed by atoms with Crippen molar-refractivity contribution in [2.45, 2.75) is 43.5 Å². The monoisotopic (exact) mass is 310 g/mol. The van der Waals surface area contributed by atoms with Gasteiger partial charge in [-0.3, -0.25) is 0 Å². The van der Waals surface area contributed by atoms with Crippen molar-refractivity contribution < 1.29 is 8.42 Å². The fourth-order valence-electron chi connectivity index (χ4n) is 2.37. The first-order valence-electron chi connectivity index (χ1n) is 7.67. The third-order valence-electron chi connectivity index (χ3n) is 4.10. The fourth-order valence-corrected chi connectivity index (χ4v) is 3.27. The van der Waals surface area contributed by atoms with Crippen molar-refractivity contribution >= 4 is 10.0 Å². The highest BCUT2D eigenvalue weighted by Gasteiger charge is 2.20. The number of nitrogens with zero attached hydrogens (tertiary/aromatic N) is 1. The zero-order valence-corrected chi connectivity index (χ0v) is 14.0. The van der Waals surface area contributed by atoms with Crippen LogP contribution in [0.1, 0.15) is 44.2 Å². The number of benzene rings is 1. The van der Waals surface area contributed by atoms with Crippen molar-refractivity contribution in [2.75, 3.05) is 20.6 Å². The summed E-state index contributed by atoms with van der Waals surface area (Å²) in [5.41, 5.74) is 1.12. The van der Waals surface area contributed by atoms with Gasteiger partial charge in [0.2, 0.25) is 10.0 Å². The molecule has 0 bridgehead atoms. The summed E-state index contributed by atoms with van der Waals surface area (Å²) in [5.74, 6) is 0.984. The zero-order chi connectivity index (χ0) is 15.5. The molecule has 1 aliphatic rings. The second-order valence-corrected chi connectivity index (χ2v) is 8.27. The van der Waals surface area contributed by atoms with Crippen LogP contribution in [0.2, 0.25) is 0 Å². The Morgan fingerprint density at radius 3 is 2.38 bits per heavy atom. The Labute approximate surface area is 128 Å². The van der Waals surface area contributed by atoms with E-state index in [9.17, 15) is 8.42 Å². The maximum atomic E-state index is 12.0. The van der Waals surface area contributed by atoms with Gasteiger partial charge in [0.15, 0.2) is 0 Å². The standard InChI is InChI=1S/C16H26N2O2S/c1-13(17-12-4-5-14-6-7-14)15-8-10-16(11-9-15)21(19,20)18(2)3/h8-11,13-14,17H,4-7,12H2,1-3H3. The van der Waals surface area contributed by atoms with Gasteiger partial charge >= 0.3 is 0 Å². The molecule has 0 heterocycles. The van der Waals surface area contributed by atoms with Crippen LogP contribution in [0, 0.1) is 5.92 Å². The smallest absolute Gasteiger partial charge is 0.242 e. The molecule has 0 aromatic heterocycles. The van der Waals surface area contributed by atoms with Crippen LogP contribution < -0.4 is 5.32 Å². The molecule has 1 aromatic rings. The average Bonchev–Trinajstić information content (AvgIpc) is 3.27. The SMILES string of the molecule is CC(NCCCC1CC1)c1ccc(S(=O)(=O)N(C)C)cc1. The summed E-state index contributed by atoms with van der Waals surface area (Å²) in [5, 5.41) is 3.50. The van der Waals surface area contributed by atoms with E-state index in [2.05, 4.69) is 12.2 Å². The maximum Gasteiger partial charge on any atom is 0.242 e. The molecule has 1 saturated carbocycles. The zero-order valence-electron chi connectivity index (χ0n) is 13.2. The molecule has 0 amide bonds. The Balaban J connectivity index is 1.88. The molecule has 1 fully saturated rings. The van der Waals surface area contributed by atoms with E-state index in [1.165, 1.54) is 30.0 Å². The molecule has 1 N–H and O–H groups in total. The molecule has 5 heteroatoms. The van der Waals surface area contributed by atoms with Gasteiger partial charge in [0, 0.05) is 20.1 Å². The Hall–Kier alpha value is -0.910. The van der Waals surface area contributed by atoms with E-state index in [1.807, 2.05) is 12.1 Å². The Morgan fingerprint density at radius 1 is 1.24 bits per heavy atom. The van der Waals surface area contributed by atoms with Gasteiger partial charge in [0.05, 0.1) is 4.90 Å². The molecule has 0 spiro atoms. The maximum absolute atomic E-state index is 12.0. The Bertz CT molecular complexity index is 548. The summed E-state index contributed by atoms with van der Waals surface area (Å²) in [6.07, 6.45) is 5.39. The highest BCUT2D eigenvalue weighted by Crippen LogP contribution is 2.33. The summed E-state index contributed by atoms with van der Waals surface area (Å²) >= 11 is 0. The average molecular weight is 310 g/mol. The normalized spacial score (nSPS) is 17.1. The van der Waals surface area contributed by atoms with Crippen molar-refractivity contribution in [2.24, 2.45) is 5.92 Å². The van der Waals surface area contributed by atoms with Crippen LogP contribution in [0.4, 0.5) is 0 Å². The molecule has 0 aliphatic heterocycles. The lowest BCUT2D eigenvalue weighted by atomic mass is 10.1. The first-order valence-corrected chi connectivity index (χ1v) is 9.11. The Kier molecular flexibility index (Phi) is 5.41. The van der Waals surface area contributed by atoms with E-state index >= 15 is 0 Å². The van der Waals surface area contributed by atoms with Gasteiger partial charge in [0.1, 0.15) is 0 Å². The summed E-state index contributed by atoms with van der Waals surface area (Å²) in [4.78, 5) is 0.345. The second-order valence-electron chi connectivity index (χ2n) is 6.12. The van der Waals surface area contributed by atoms with Crippen LogP contribution in [0.25, 0.3) is 0 Å². The van der Waals surface area contributed by atoms with Gasteiger partial charge in [0.25, 0.3) is 0 Å². The summed E-state index contributed by atoms with van der Waals surface area (Å²) in [6.45, 7) is 3.14. The summed E-state index contributed by atoms with van der Waals surface area (Å²) in [7, 11) is -0.232. The van der Waals surface area contributed by atoms with Crippen molar-refractivity contribution in [1.29, 1.82) is 0 Å². The van der Waals surface area contributed by atoms with E-state index in [-0.39, 0.29) is 6.04 Å². The van der Waals surface area contributed by atoms with E-state index in [0.717, 1.165) is 18.0 Å². The topological polar surface area (TPSA) is 49.4 Å². The molecular weight excluding hydrogens is 284 g/mol. The van der Waals surface area contributed by atoms with Crippen LogP contribution >= 0.6 is 0 Å². The molecule has 0 radical (unpaired) electrons. The van der Waals surface area contributed by atoms with Gasteiger partial charge in [-0.05, 0) is 49.9 Å². The lowest BCUT2D eigenvalue weighted by molar-refractivity contribution is 0.520. The minimum Gasteiger partial charge on any atom is -0.310 e. The second kappa shape index (κ2) is 6.90. The number of nitrogens with one attached hydrogen (secondary N) is 1.